The second kappa shape index (κ2) is 5.24. The van der Waals surface area contributed by atoms with Gasteiger partial charge in [0.25, 0.3) is 5.79 Å². The van der Waals surface area contributed by atoms with Crippen LogP contribution in [0.3, 0.4) is 0 Å². The predicted octanol–water partition coefficient (Wildman–Crippen LogP) is 1.79. The molecule has 0 unspecified atom stereocenters. The monoisotopic (exact) mass is 277 g/mol. The summed E-state index contributed by atoms with van der Waals surface area (Å²) in [5.74, 6) is -2.86. The molecule has 1 aromatic rings. The van der Waals surface area contributed by atoms with Crippen LogP contribution in [0.15, 0.2) is 41.8 Å². The van der Waals surface area contributed by atoms with Gasteiger partial charge in [0, 0.05) is 19.5 Å². The van der Waals surface area contributed by atoms with Crippen molar-refractivity contribution in [1.82, 2.24) is 0 Å². The lowest BCUT2D eigenvalue weighted by Gasteiger charge is -2.30. The molecule has 0 radical (unpaired) electrons. The van der Waals surface area contributed by atoms with E-state index >= 15 is 0 Å². The molecule has 1 N–H and O–H groups in total. The average Bonchev–Trinajstić information content (AvgIpc) is 2.36. The molecule has 6 heteroatoms. The third kappa shape index (κ3) is 2.90. The Labute approximate surface area is 116 Å². The molecule has 0 aliphatic carbocycles. The van der Waals surface area contributed by atoms with Gasteiger partial charge in [-0.3, -0.25) is 0 Å². The first kappa shape index (κ1) is 13.9. The van der Waals surface area contributed by atoms with Crippen molar-refractivity contribution in [2.75, 3.05) is 12.4 Å². The van der Waals surface area contributed by atoms with Gasteiger partial charge in [-0.2, -0.15) is 0 Å². The van der Waals surface area contributed by atoms with Gasteiger partial charge < -0.3 is 19.5 Å². The highest BCUT2D eigenvalue weighted by Gasteiger charge is 2.41. The van der Waals surface area contributed by atoms with Crippen molar-refractivity contribution in [3.8, 4) is 0 Å². The summed E-state index contributed by atoms with van der Waals surface area (Å²) in [6.45, 7) is 2.97. The lowest BCUT2D eigenvalue weighted by atomic mass is 10.2. The summed E-state index contributed by atoms with van der Waals surface area (Å²) >= 11 is 0. The number of nitrogens with one attached hydrogen (secondary N) is 1. The van der Waals surface area contributed by atoms with Gasteiger partial charge >= 0.3 is 11.9 Å². The topological polar surface area (TPSA) is 73.9 Å². The molecule has 1 aliphatic heterocycles. The van der Waals surface area contributed by atoms with E-state index in [1.54, 1.807) is 24.3 Å². The molecule has 0 saturated carbocycles. The maximum atomic E-state index is 11.9. The maximum Gasteiger partial charge on any atom is 0.354 e. The number of hydrogen-bond donors (Lipinski definition) is 1. The highest BCUT2D eigenvalue weighted by Crippen LogP contribution is 2.25. The summed E-state index contributed by atoms with van der Waals surface area (Å²) in [5.41, 5.74) is 0.373. The minimum absolute atomic E-state index is 0.0123. The quantitative estimate of drug-likeness (QED) is 0.393. The average molecular weight is 277 g/mol. The number of hydrogen-bond acceptors (Lipinski definition) is 6. The van der Waals surface area contributed by atoms with Crippen LogP contribution in [0, 0.1) is 0 Å². The van der Waals surface area contributed by atoms with Crippen LogP contribution in [0.2, 0.25) is 0 Å². The first-order valence-corrected chi connectivity index (χ1v) is 6.00. The Bertz CT molecular complexity index is 540. The molecule has 2 rings (SSSR count). The summed E-state index contributed by atoms with van der Waals surface area (Å²) in [6.07, 6.45) is 0. The summed E-state index contributed by atoms with van der Waals surface area (Å²) in [5, 5.41) is 2.84. The van der Waals surface area contributed by atoms with Gasteiger partial charge in [0.2, 0.25) is 11.5 Å². The first-order chi connectivity index (χ1) is 9.43. The molecule has 0 amide bonds. The van der Waals surface area contributed by atoms with Crippen molar-refractivity contribution in [2.24, 2.45) is 0 Å². The second-order valence-corrected chi connectivity index (χ2v) is 4.58. The van der Waals surface area contributed by atoms with Gasteiger partial charge in [0.05, 0.1) is 7.11 Å². The van der Waals surface area contributed by atoms with Crippen molar-refractivity contribution in [3.05, 3.63) is 41.8 Å². The summed E-state index contributed by atoms with van der Waals surface area (Å²) in [4.78, 5) is 23.8. The highest BCUT2D eigenvalue weighted by atomic mass is 16.7. The Morgan fingerprint density at radius 2 is 1.65 bits per heavy atom. The van der Waals surface area contributed by atoms with E-state index in [0.29, 0.717) is 5.69 Å². The molecular weight excluding hydrogens is 262 g/mol. The molecule has 106 valence electrons. The normalized spacial score (nSPS) is 17.1. The Kier molecular flexibility index (Phi) is 3.65. The molecule has 0 aromatic heterocycles. The SMILES string of the molecule is COC(Nc1ccccc1)=C1C(=O)OC(C)(C)OC1=O. The lowest BCUT2D eigenvalue weighted by molar-refractivity contribution is -0.222. The molecule has 0 atom stereocenters. The van der Waals surface area contributed by atoms with Crippen LogP contribution in [-0.2, 0) is 23.8 Å². The molecular formula is C14H15NO5. The third-order valence-corrected chi connectivity index (χ3v) is 2.55. The van der Waals surface area contributed by atoms with Crippen LogP contribution >= 0.6 is 0 Å². The van der Waals surface area contributed by atoms with Crippen LogP contribution in [0.4, 0.5) is 5.69 Å². The van der Waals surface area contributed by atoms with E-state index in [9.17, 15) is 9.59 Å². The Morgan fingerprint density at radius 1 is 1.10 bits per heavy atom. The molecule has 1 saturated heterocycles. The van der Waals surface area contributed by atoms with Crippen LogP contribution in [-0.4, -0.2) is 24.8 Å². The van der Waals surface area contributed by atoms with E-state index in [2.05, 4.69) is 5.32 Å². The summed E-state index contributed by atoms with van der Waals surface area (Å²) in [7, 11) is 1.35. The van der Waals surface area contributed by atoms with Gasteiger partial charge in [-0.15, -0.1) is 0 Å². The fraction of sp³-hybridized carbons (Fsp3) is 0.286. The Hall–Kier alpha value is -2.50. The van der Waals surface area contributed by atoms with E-state index in [-0.39, 0.29) is 11.5 Å². The van der Waals surface area contributed by atoms with Crippen molar-refractivity contribution in [2.45, 2.75) is 19.6 Å². The van der Waals surface area contributed by atoms with Crippen LogP contribution in [0.5, 0.6) is 0 Å². The largest absolute Gasteiger partial charge is 0.481 e. The molecule has 1 heterocycles. The maximum absolute atomic E-state index is 11.9. The van der Waals surface area contributed by atoms with Gasteiger partial charge in [0.1, 0.15) is 0 Å². The number of carbonyl (C=O) groups is 2. The van der Waals surface area contributed by atoms with E-state index in [1.165, 1.54) is 21.0 Å². The smallest absolute Gasteiger partial charge is 0.354 e. The number of rotatable bonds is 3. The lowest BCUT2D eigenvalue weighted by Crippen LogP contribution is -2.43. The van der Waals surface area contributed by atoms with E-state index in [4.69, 9.17) is 14.2 Å². The molecule has 1 fully saturated rings. The molecule has 0 bridgehead atoms. The number of esters is 2. The number of ether oxygens (including phenoxy) is 3. The number of anilines is 1. The zero-order valence-corrected chi connectivity index (χ0v) is 11.4. The fourth-order valence-corrected chi connectivity index (χ4v) is 1.71. The zero-order chi connectivity index (χ0) is 14.8. The van der Waals surface area contributed by atoms with E-state index in [0.717, 1.165) is 0 Å². The van der Waals surface area contributed by atoms with Crippen molar-refractivity contribution in [3.63, 3.8) is 0 Å². The molecule has 20 heavy (non-hydrogen) atoms. The Morgan fingerprint density at radius 3 is 2.15 bits per heavy atom. The third-order valence-electron chi connectivity index (χ3n) is 2.55. The molecule has 0 spiro atoms. The van der Waals surface area contributed by atoms with Crippen molar-refractivity contribution in [1.29, 1.82) is 0 Å². The number of benzene rings is 1. The number of para-hydroxylation sites is 1. The minimum atomic E-state index is -1.27. The number of methoxy groups -OCH3 is 1. The van der Waals surface area contributed by atoms with Crippen LogP contribution < -0.4 is 5.32 Å². The van der Waals surface area contributed by atoms with E-state index in [1.807, 2.05) is 6.07 Å². The second-order valence-electron chi connectivity index (χ2n) is 4.58. The van der Waals surface area contributed by atoms with Gasteiger partial charge in [-0.25, -0.2) is 9.59 Å². The van der Waals surface area contributed by atoms with E-state index < -0.39 is 17.7 Å². The number of carbonyl (C=O) groups excluding carboxylic acids is 2. The molecule has 6 nitrogen and oxygen atoms in total. The standard InChI is InChI=1S/C14H15NO5/c1-14(2)19-12(16)10(13(17)20-14)11(18-3)15-9-7-5-4-6-8-9/h4-8,15H,1-3H3. The van der Waals surface area contributed by atoms with Gasteiger partial charge in [-0.1, -0.05) is 18.2 Å². The van der Waals surface area contributed by atoms with Crippen molar-refractivity contribution >= 4 is 17.6 Å². The highest BCUT2D eigenvalue weighted by molar-refractivity contribution is 6.16. The summed E-state index contributed by atoms with van der Waals surface area (Å²) < 4.78 is 15.1. The summed E-state index contributed by atoms with van der Waals surface area (Å²) in [6, 6.07) is 8.99. The van der Waals surface area contributed by atoms with Crippen LogP contribution in [0.25, 0.3) is 0 Å². The van der Waals surface area contributed by atoms with Gasteiger partial charge in [-0.05, 0) is 12.1 Å². The minimum Gasteiger partial charge on any atom is -0.481 e. The van der Waals surface area contributed by atoms with Gasteiger partial charge in [0.15, 0.2) is 0 Å². The predicted molar refractivity (Wildman–Crippen MR) is 70.4 cm³/mol. The molecule has 1 aromatic carbocycles. The Balaban J connectivity index is 2.33. The molecule has 1 aliphatic rings. The number of cyclic esters (lactones) is 2. The van der Waals surface area contributed by atoms with Crippen molar-refractivity contribution < 1.29 is 23.8 Å². The van der Waals surface area contributed by atoms with Crippen LogP contribution in [0.1, 0.15) is 13.8 Å². The fourth-order valence-electron chi connectivity index (χ4n) is 1.71. The first-order valence-electron chi connectivity index (χ1n) is 6.00. The zero-order valence-electron chi connectivity index (χ0n) is 11.4.